The summed E-state index contributed by atoms with van der Waals surface area (Å²) in [7, 11) is 0. The van der Waals surface area contributed by atoms with Crippen LogP contribution in [0.5, 0.6) is 0 Å². The molecule has 3 aromatic heterocycles. The molecule has 10 rings (SSSR count). The summed E-state index contributed by atoms with van der Waals surface area (Å²) in [5, 5.41) is 2.15. The molecular formula is C60H57GeIrN3O-2. The van der Waals surface area contributed by atoms with Gasteiger partial charge in [0.25, 0.3) is 0 Å². The average molecular weight is 1110 g/mol. The molecule has 10 aromatic rings. The molecule has 0 atom stereocenters. The fourth-order valence-corrected chi connectivity index (χ4v) is 11.5. The molecule has 0 aliphatic carbocycles. The Bertz CT molecular complexity index is 3520. The van der Waals surface area contributed by atoms with Gasteiger partial charge in [-0.1, -0.05) is 129 Å². The second kappa shape index (κ2) is 19.2. The van der Waals surface area contributed by atoms with E-state index in [4.69, 9.17) is 17.6 Å². The minimum absolute atomic E-state index is 0. The number of hydrogen-bond donors (Lipinski definition) is 0. The minimum Gasteiger partial charge on any atom is 0 e. The Morgan fingerprint density at radius 2 is 1.33 bits per heavy atom. The molecular weight excluding hydrogens is 1040 g/mol. The molecule has 6 heteroatoms. The summed E-state index contributed by atoms with van der Waals surface area (Å²) in [6.07, 6.45) is 1.67. The van der Waals surface area contributed by atoms with Crippen molar-refractivity contribution in [3.05, 3.63) is 192 Å². The van der Waals surface area contributed by atoms with Gasteiger partial charge in [0, 0.05) is 31.2 Å². The molecule has 0 spiro atoms. The zero-order chi connectivity index (χ0) is 50.6. The predicted molar refractivity (Wildman–Crippen MR) is 277 cm³/mol. The summed E-state index contributed by atoms with van der Waals surface area (Å²) in [5.41, 5.74) is 16.1. The Morgan fingerprint density at radius 3 is 1.98 bits per heavy atom. The minimum atomic E-state index is -2.38. The van der Waals surface area contributed by atoms with E-state index in [0.29, 0.717) is 28.7 Å². The molecule has 0 saturated heterocycles. The quantitative estimate of drug-likeness (QED) is 0.112. The first kappa shape index (κ1) is 39.3. The summed E-state index contributed by atoms with van der Waals surface area (Å²) in [5.74, 6) is 7.90. The average Bonchev–Trinajstić information content (AvgIpc) is 3.92. The Kier molecular flexibility index (Phi) is 11.4. The molecule has 0 N–H and O–H groups in total. The van der Waals surface area contributed by atoms with Crippen molar-refractivity contribution >= 4 is 50.6 Å². The summed E-state index contributed by atoms with van der Waals surface area (Å²) in [4.78, 5) is 9.68. The third kappa shape index (κ3) is 9.27. The van der Waals surface area contributed by atoms with Crippen molar-refractivity contribution in [2.45, 2.75) is 77.4 Å². The number of aromatic nitrogens is 3. The standard InChI is InChI=1S/C44H37N2O.C16H20GeN.Ir/c1-27(2)36-24-29(5)25-37(28(3)4)42(36)46-40-17-10-9-16-39(40)45-44(46)35-15-11-14-34-38-26-33(22-23-41(38)47-43(34)35)32-20-18-31(19-21-32)30-12-7-6-8-13-30;1-12-6-8-14(9-7-12)16-10-13(2)15(11-18-16)17(3,4)5;/h6-14,16-28H,1-5H3;6-8,10-11H,1-5H3;/q2*-1;/i;1D3,2D3;. The molecule has 333 valence electrons. The Hall–Kier alpha value is -5.85. The fraction of sp³-hybridized carbons (Fsp3) is 0.200. The van der Waals surface area contributed by atoms with Crippen LogP contribution in [-0.4, -0.2) is 27.8 Å². The number of benzene rings is 7. The van der Waals surface area contributed by atoms with Gasteiger partial charge in [0.2, 0.25) is 0 Å². The van der Waals surface area contributed by atoms with Crippen molar-refractivity contribution in [1.82, 2.24) is 14.5 Å². The first-order valence-electron chi connectivity index (χ1n) is 25.4. The van der Waals surface area contributed by atoms with Crippen LogP contribution in [0, 0.1) is 32.8 Å². The molecule has 0 aliphatic rings. The Balaban J connectivity index is 0.000000235. The van der Waals surface area contributed by atoms with Crippen LogP contribution < -0.4 is 4.40 Å². The van der Waals surface area contributed by atoms with E-state index in [-0.39, 0.29) is 25.7 Å². The number of fused-ring (bicyclic) bond motifs is 4. The summed E-state index contributed by atoms with van der Waals surface area (Å²) >= 11 is -2.38. The molecule has 0 aliphatic heterocycles. The van der Waals surface area contributed by atoms with E-state index in [9.17, 15) is 0 Å². The van der Waals surface area contributed by atoms with Crippen molar-refractivity contribution in [2.24, 2.45) is 0 Å². The van der Waals surface area contributed by atoms with Crippen LogP contribution >= 0.6 is 0 Å². The van der Waals surface area contributed by atoms with E-state index in [1.807, 2.05) is 6.07 Å². The van der Waals surface area contributed by atoms with Crippen LogP contribution in [-0.2, 0) is 20.1 Å². The summed E-state index contributed by atoms with van der Waals surface area (Å²) in [6, 6.07) is 55.6. The number of pyridine rings is 1. The number of hydrogen-bond acceptors (Lipinski definition) is 3. The van der Waals surface area contributed by atoms with Crippen LogP contribution in [0.2, 0.25) is 17.3 Å². The topological polar surface area (TPSA) is 43.9 Å². The van der Waals surface area contributed by atoms with Crippen LogP contribution in [0.1, 0.15) is 75.6 Å². The van der Waals surface area contributed by atoms with Gasteiger partial charge in [-0.05, 0) is 76.4 Å². The molecule has 1 radical (unpaired) electrons. The molecule has 7 aromatic carbocycles. The number of imidazole rings is 1. The van der Waals surface area contributed by atoms with Crippen LogP contribution in [0.4, 0.5) is 0 Å². The van der Waals surface area contributed by atoms with Gasteiger partial charge < -0.3 is 8.98 Å². The number of rotatable bonds is 8. The van der Waals surface area contributed by atoms with Gasteiger partial charge in [-0.15, -0.1) is 18.2 Å². The third-order valence-corrected chi connectivity index (χ3v) is 16.3. The fourth-order valence-electron chi connectivity index (χ4n) is 8.75. The molecule has 0 saturated carbocycles. The largest absolute Gasteiger partial charge is 0 e. The van der Waals surface area contributed by atoms with Crippen molar-refractivity contribution in [3.63, 3.8) is 0 Å². The molecule has 66 heavy (non-hydrogen) atoms. The molecule has 3 heterocycles. The first-order chi connectivity index (χ1) is 33.7. The van der Waals surface area contributed by atoms with Crippen molar-refractivity contribution in [1.29, 1.82) is 0 Å². The van der Waals surface area contributed by atoms with Gasteiger partial charge >= 0.3 is 121 Å². The Morgan fingerprint density at radius 1 is 0.667 bits per heavy atom. The van der Waals surface area contributed by atoms with Gasteiger partial charge in [-0.25, -0.2) is 0 Å². The second-order valence-electron chi connectivity index (χ2n) is 18.6. The molecule has 4 nitrogen and oxygen atoms in total. The number of nitrogens with zero attached hydrogens (tertiary/aromatic N) is 3. The zero-order valence-corrected chi connectivity index (χ0v) is 43.2. The summed E-state index contributed by atoms with van der Waals surface area (Å²) < 4.78 is 55.5. The second-order valence-corrected chi connectivity index (χ2v) is 29.1. The van der Waals surface area contributed by atoms with Crippen molar-refractivity contribution in [2.75, 3.05) is 0 Å². The van der Waals surface area contributed by atoms with Gasteiger partial charge in [-0.3, -0.25) is 4.98 Å². The normalized spacial score (nSPS) is 13.4. The number of aryl methyl sites for hydroxylation is 3. The van der Waals surface area contributed by atoms with Crippen molar-refractivity contribution in [3.8, 4) is 50.6 Å². The maximum Gasteiger partial charge on any atom is 0 e. The monoisotopic (exact) mass is 1110 g/mol. The van der Waals surface area contributed by atoms with Gasteiger partial charge in [0.1, 0.15) is 5.58 Å². The van der Waals surface area contributed by atoms with E-state index in [0.717, 1.165) is 54.3 Å². The third-order valence-electron chi connectivity index (χ3n) is 12.1. The number of para-hydroxylation sites is 2. The van der Waals surface area contributed by atoms with Crippen molar-refractivity contribution < 1.29 is 32.7 Å². The summed E-state index contributed by atoms with van der Waals surface area (Å²) in [6.45, 7) is 6.92. The van der Waals surface area contributed by atoms with E-state index in [2.05, 4.69) is 189 Å². The molecule has 0 bridgehead atoms. The van der Waals surface area contributed by atoms with E-state index >= 15 is 0 Å². The zero-order valence-electron chi connectivity index (χ0n) is 44.7. The smallest absolute Gasteiger partial charge is 0 e. The van der Waals surface area contributed by atoms with Crippen LogP contribution in [0.15, 0.2) is 156 Å². The van der Waals surface area contributed by atoms with E-state index in [1.54, 1.807) is 18.3 Å². The first-order valence-corrected chi connectivity index (χ1v) is 29.7. The van der Waals surface area contributed by atoms with Crippen LogP contribution in [0.3, 0.4) is 0 Å². The van der Waals surface area contributed by atoms with Crippen LogP contribution in [0.25, 0.3) is 83.6 Å². The molecule has 0 fully saturated rings. The van der Waals surface area contributed by atoms with Gasteiger partial charge in [-0.2, -0.15) is 0 Å². The van der Waals surface area contributed by atoms with Gasteiger partial charge in [0.05, 0.1) is 22.4 Å². The SMILES string of the molecule is Cc1cc(C(C)C)c(-n2c(-c3[c-]ccc4c3oc3ccc(-c5ccc(-c6ccccc6)cc5)cc34)nc3ccccc32)c(C(C)C)c1.[2H]C([2H])([2H])c1c[c-]c(-c2cc(C([2H])([2H])[2H])[c]([Ge]([CH3])([CH3])[CH3])cn2)cc1.[Ir]. The van der Waals surface area contributed by atoms with E-state index < -0.39 is 27.0 Å². The number of furan rings is 1. The maximum absolute atomic E-state index is 7.82. The molecule has 0 unspecified atom stereocenters. The predicted octanol–water partition coefficient (Wildman–Crippen LogP) is 16.0. The maximum atomic E-state index is 7.82. The van der Waals surface area contributed by atoms with E-state index in [1.165, 1.54) is 51.2 Å². The van der Waals surface area contributed by atoms with Gasteiger partial charge in [0.15, 0.2) is 0 Å². The molecule has 0 amide bonds. The Labute approximate surface area is 415 Å².